The third kappa shape index (κ3) is 1.03. The lowest BCUT2D eigenvalue weighted by molar-refractivity contribution is 0.720. The predicted molar refractivity (Wildman–Crippen MR) is 31.0 cm³/mol. The summed E-state index contributed by atoms with van der Waals surface area (Å²) in [5.74, 6) is 0. The van der Waals surface area contributed by atoms with Gasteiger partial charge in [-0.1, -0.05) is 11.6 Å². The van der Waals surface area contributed by atoms with Gasteiger partial charge in [-0.05, 0) is 19.8 Å². The molecule has 0 aromatic carbocycles. The predicted octanol–water partition coefficient (Wildman–Crippen LogP) is 1.05. The van der Waals surface area contributed by atoms with Crippen LogP contribution < -0.4 is 5.73 Å². The van der Waals surface area contributed by atoms with Gasteiger partial charge in [0.2, 0.25) is 0 Å². The summed E-state index contributed by atoms with van der Waals surface area (Å²) >= 11 is 0. The van der Waals surface area contributed by atoms with E-state index in [4.69, 9.17) is 5.73 Å². The minimum Gasteiger partial charge on any atom is -0.327 e. The molecule has 0 aromatic rings. The van der Waals surface area contributed by atoms with Crippen molar-refractivity contribution in [2.45, 2.75) is 25.8 Å². The summed E-state index contributed by atoms with van der Waals surface area (Å²) in [6.07, 6.45) is 4.41. The highest BCUT2D eigenvalue weighted by Crippen LogP contribution is 2.14. The van der Waals surface area contributed by atoms with Crippen LogP contribution in [-0.4, -0.2) is 6.04 Å². The zero-order valence-electron chi connectivity index (χ0n) is 4.65. The summed E-state index contributed by atoms with van der Waals surface area (Å²) in [5.41, 5.74) is 7.02. The van der Waals surface area contributed by atoms with E-state index >= 15 is 0 Å². The second kappa shape index (κ2) is 1.66. The Morgan fingerprint density at radius 3 is 2.71 bits per heavy atom. The molecular weight excluding hydrogens is 86.1 g/mol. The molecule has 0 fully saturated rings. The van der Waals surface area contributed by atoms with E-state index < -0.39 is 0 Å². The summed E-state index contributed by atoms with van der Waals surface area (Å²) in [7, 11) is 0. The van der Waals surface area contributed by atoms with Gasteiger partial charge in [-0.3, -0.25) is 0 Å². The molecule has 1 aliphatic carbocycles. The summed E-state index contributed by atoms with van der Waals surface area (Å²) in [5, 5.41) is 0. The van der Waals surface area contributed by atoms with Crippen molar-refractivity contribution in [1.29, 1.82) is 0 Å². The molecule has 0 radical (unpaired) electrons. The highest BCUT2D eigenvalue weighted by molar-refractivity contribution is 5.08. The number of hydrogen-bond acceptors (Lipinski definition) is 1. The first-order valence-electron chi connectivity index (χ1n) is 2.70. The van der Waals surface area contributed by atoms with Gasteiger partial charge in [0.25, 0.3) is 0 Å². The van der Waals surface area contributed by atoms with Gasteiger partial charge in [0.15, 0.2) is 0 Å². The average molecular weight is 97.2 g/mol. The van der Waals surface area contributed by atoms with Crippen LogP contribution in [0.25, 0.3) is 0 Å². The van der Waals surface area contributed by atoms with Crippen LogP contribution in [0.4, 0.5) is 0 Å². The van der Waals surface area contributed by atoms with Crippen LogP contribution >= 0.6 is 0 Å². The normalized spacial score (nSPS) is 30.6. The molecule has 1 nitrogen and oxygen atoms in total. The molecule has 40 valence electrons. The molecule has 1 heteroatoms. The van der Waals surface area contributed by atoms with Crippen LogP contribution in [0.1, 0.15) is 19.8 Å². The maximum atomic E-state index is 5.57. The van der Waals surface area contributed by atoms with Crippen molar-refractivity contribution in [3.8, 4) is 0 Å². The van der Waals surface area contributed by atoms with E-state index in [0.29, 0.717) is 6.04 Å². The Balaban J connectivity index is 2.42. The summed E-state index contributed by atoms with van der Waals surface area (Å²) in [4.78, 5) is 0. The van der Waals surface area contributed by atoms with Gasteiger partial charge in [0.1, 0.15) is 0 Å². The third-order valence-electron chi connectivity index (χ3n) is 1.35. The summed E-state index contributed by atoms with van der Waals surface area (Å²) in [6, 6.07) is 0.431. The molecular formula is C6H11N. The molecule has 0 bridgehead atoms. The first kappa shape index (κ1) is 4.85. The first-order valence-corrected chi connectivity index (χ1v) is 2.70. The Morgan fingerprint density at radius 1 is 1.86 bits per heavy atom. The molecule has 0 spiro atoms. The fraction of sp³-hybridized carbons (Fsp3) is 0.667. The lowest BCUT2D eigenvalue weighted by Gasteiger charge is -1.96. The molecule has 7 heavy (non-hydrogen) atoms. The average Bonchev–Trinajstić information content (AvgIpc) is 1.87. The van der Waals surface area contributed by atoms with Crippen molar-refractivity contribution in [3.63, 3.8) is 0 Å². The van der Waals surface area contributed by atoms with E-state index in [0.717, 1.165) is 12.8 Å². The first-order chi connectivity index (χ1) is 3.29. The van der Waals surface area contributed by atoms with Gasteiger partial charge in [-0.25, -0.2) is 0 Å². The minimum absolute atomic E-state index is 0.431. The molecule has 0 aliphatic heterocycles. The Morgan fingerprint density at radius 2 is 2.57 bits per heavy atom. The number of rotatable bonds is 0. The molecule has 1 rings (SSSR count). The van der Waals surface area contributed by atoms with E-state index in [2.05, 4.69) is 13.0 Å². The molecule has 0 saturated carbocycles. The van der Waals surface area contributed by atoms with Gasteiger partial charge >= 0.3 is 0 Å². The second-order valence-electron chi connectivity index (χ2n) is 2.25. The quantitative estimate of drug-likeness (QED) is 0.449. The maximum Gasteiger partial charge on any atom is 0.0111 e. The SMILES string of the molecule is CC1=CC[C@H](N)C1. The van der Waals surface area contributed by atoms with Crippen LogP contribution in [-0.2, 0) is 0 Å². The minimum atomic E-state index is 0.431. The van der Waals surface area contributed by atoms with Crippen LogP contribution in [0.15, 0.2) is 11.6 Å². The van der Waals surface area contributed by atoms with Gasteiger partial charge in [-0.2, -0.15) is 0 Å². The highest BCUT2D eigenvalue weighted by Gasteiger charge is 2.07. The van der Waals surface area contributed by atoms with Crippen LogP contribution in [0.2, 0.25) is 0 Å². The maximum absolute atomic E-state index is 5.57. The monoisotopic (exact) mass is 97.1 g/mol. The van der Waals surface area contributed by atoms with Crippen molar-refractivity contribution < 1.29 is 0 Å². The number of hydrogen-bond donors (Lipinski definition) is 1. The van der Waals surface area contributed by atoms with E-state index in [9.17, 15) is 0 Å². The third-order valence-corrected chi connectivity index (χ3v) is 1.35. The van der Waals surface area contributed by atoms with Gasteiger partial charge in [0.05, 0.1) is 0 Å². The van der Waals surface area contributed by atoms with Crippen molar-refractivity contribution in [2.24, 2.45) is 5.73 Å². The number of nitrogens with two attached hydrogens (primary N) is 1. The topological polar surface area (TPSA) is 26.0 Å². The van der Waals surface area contributed by atoms with E-state index in [1.165, 1.54) is 5.57 Å². The summed E-state index contributed by atoms with van der Waals surface area (Å²) < 4.78 is 0. The van der Waals surface area contributed by atoms with Crippen LogP contribution in [0.3, 0.4) is 0 Å². The molecule has 0 unspecified atom stereocenters. The van der Waals surface area contributed by atoms with Gasteiger partial charge in [-0.15, -0.1) is 0 Å². The lowest BCUT2D eigenvalue weighted by atomic mass is 10.2. The molecule has 1 aliphatic rings. The van der Waals surface area contributed by atoms with Crippen LogP contribution in [0, 0.1) is 0 Å². The Bertz CT molecular complexity index is 94.4. The van der Waals surface area contributed by atoms with Gasteiger partial charge < -0.3 is 5.73 Å². The van der Waals surface area contributed by atoms with Crippen molar-refractivity contribution in [3.05, 3.63) is 11.6 Å². The standard InChI is InChI=1S/C6H11N/c1-5-2-3-6(7)4-5/h2,6H,3-4,7H2,1H3/t6-/m0/s1. The second-order valence-corrected chi connectivity index (χ2v) is 2.25. The fourth-order valence-electron chi connectivity index (χ4n) is 0.933. The Hall–Kier alpha value is -0.300. The molecule has 1 atom stereocenters. The van der Waals surface area contributed by atoms with Crippen LogP contribution in [0.5, 0.6) is 0 Å². The highest BCUT2D eigenvalue weighted by atomic mass is 14.6. The van der Waals surface area contributed by atoms with E-state index in [-0.39, 0.29) is 0 Å². The molecule has 2 N–H and O–H groups in total. The van der Waals surface area contributed by atoms with Gasteiger partial charge in [0, 0.05) is 6.04 Å². The zero-order chi connectivity index (χ0) is 5.28. The zero-order valence-corrected chi connectivity index (χ0v) is 4.65. The van der Waals surface area contributed by atoms with E-state index in [1.54, 1.807) is 0 Å². The van der Waals surface area contributed by atoms with Crippen molar-refractivity contribution in [2.75, 3.05) is 0 Å². The fourth-order valence-corrected chi connectivity index (χ4v) is 0.933. The van der Waals surface area contributed by atoms with Crippen molar-refractivity contribution in [1.82, 2.24) is 0 Å². The Labute approximate surface area is 44.2 Å². The molecule has 0 aromatic heterocycles. The molecule has 0 heterocycles. The molecule has 0 amide bonds. The molecule has 0 saturated heterocycles. The lowest BCUT2D eigenvalue weighted by Crippen LogP contribution is -2.14. The Kier molecular flexibility index (Phi) is 1.15. The van der Waals surface area contributed by atoms with E-state index in [1.807, 2.05) is 0 Å². The smallest absolute Gasteiger partial charge is 0.0111 e. The largest absolute Gasteiger partial charge is 0.327 e. The van der Waals surface area contributed by atoms with Crippen molar-refractivity contribution >= 4 is 0 Å². The summed E-state index contributed by atoms with van der Waals surface area (Å²) in [6.45, 7) is 2.13.